The van der Waals surface area contributed by atoms with Crippen molar-refractivity contribution in [2.24, 2.45) is 5.41 Å². The largest absolute Gasteiger partial charge is 0.361 e. The summed E-state index contributed by atoms with van der Waals surface area (Å²) in [5.74, 6) is 0.00346. The van der Waals surface area contributed by atoms with E-state index in [0.29, 0.717) is 19.6 Å². The van der Waals surface area contributed by atoms with Crippen molar-refractivity contribution >= 4 is 22.7 Å². The molecule has 1 N–H and O–H groups in total. The van der Waals surface area contributed by atoms with Gasteiger partial charge in [0.25, 0.3) is 0 Å². The van der Waals surface area contributed by atoms with Crippen molar-refractivity contribution in [1.82, 2.24) is 14.8 Å². The Kier molecular flexibility index (Phi) is 7.73. The number of hydrogen-bond acceptors (Lipinski definition) is 2. The predicted octanol–water partition coefficient (Wildman–Crippen LogP) is 5.02. The summed E-state index contributed by atoms with van der Waals surface area (Å²) in [7, 11) is 0. The van der Waals surface area contributed by atoms with E-state index in [4.69, 9.17) is 0 Å². The zero-order chi connectivity index (χ0) is 23.1. The Bertz CT molecular complexity index is 1030. The molecule has 0 saturated heterocycles. The van der Waals surface area contributed by atoms with Gasteiger partial charge in [-0.25, -0.2) is 0 Å². The van der Waals surface area contributed by atoms with Crippen molar-refractivity contribution in [3.63, 3.8) is 0 Å². The molecule has 1 heterocycles. The predicted molar refractivity (Wildman–Crippen MR) is 130 cm³/mol. The first-order valence-electron chi connectivity index (χ1n) is 11.5. The van der Waals surface area contributed by atoms with E-state index in [1.165, 1.54) is 10.9 Å². The monoisotopic (exact) mass is 433 g/mol. The number of para-hydroxylation sites is 1. The highest BCUT2D eigenvalue weighted by Crippen LogP contribution is 2.20. The maximum atomic E-state index is 13.4. The molecule has 32 heavy (non-hydrogen) atoms. The SMILES string of the molecule is CCCN(CC(=O)N(CCc1c[nH]c2ccccc12)Cc1ccccc1)C(=O)C(C)(C)C. The minimum absolute atomic E-state index is 0.0141. The zero-order valence-corrected chi connectivity index (χ0v) is 19.7. The molecule has 1 aromatic heterocycles. The Morgan fingerprint density at radius 3 is 2.28 bits per heavy atom. The van der Waals surface area contributed by atoms with Gasteiger partial charge in [-0.05, 0) is 30.0 Å². The third-order valence-electron chi connectivity index (χ3n) is 5.64. The standard InChI is InChI=1S/C27H35N3O2/c1-5-16-30(26(32)27(2,3)4)20-25(31)29(19-21-11-7-6-8-12-21)17-15-22-18-28-24-14-10-9-13-23(22)24/h6-14,18,28H,5,15-17,19-20H2,1-4H3. The fourth-order valence-electron chi connectivity index (χ4n) is 3.95. The number of nitrogens with zero attached hydrogens (tertiary/aromatic N) is 2. The lowest BCUT2D eigenvalue weighted by molar-refractivity contribution is -0.145. The number of hydrogen-bond donors (Lipinski definition) is 1. The van der Waals surface area contributed by atoms with Crippen molar-refractivity contribution < 1.29 is 9.59 Å². The van der Waals surface area contributed by atoms with E-state index in [-0.39, 0.29) is 18.4 Å². The Morgan fingerprint density at radius 1 is 0.906 bits per heavy atom. The topological polar surface area (TPSA) is 56.4 Å². The molecule has 0 bridgehead atoms. The van der Waals surface area contributed by atoms with E-state index in [0.717, 1.165) is 23.9 Å². The molecule has 5 nitrogen and oxygen atoms in total. The molecule has 0 spiro atoms. The summed E-state index contributed by atoms with van der Waals surface area (Å²) in [4.78, 5) is 33.2. The molecule has 170 valence electrons. The molecule has 3 rings (SSSR count). The smallest absolute Gasteiger partial charge is 0.242 e. The first-order chi connectivity index (χ1) is 15.3. The second-order valence-corrected chi connectivity index (χ2v) is 9.39. The second kappa shape index (κ2) is 10.5. The van der Waals surface area contributed by atoms with Gasteiger partial charge in [0.05, 0.1) is 6.54 Å². The zero-order valence-electron chi connectivity index (χ0n) is 19.7. The summed E-state index contributed by atoms with van der Waals surface area (Å²) in [6.45, 7) is 9.58. The van der Waals surface area contributed by atoms with Gasteiger partial charge < -0.3 is 14.8 Å². The van der Waals surface area contributed by atoms with Crippen LogP contribution in [0.3, 0.4) is 0 Å². The number of fused-ring (bicyclic) bond motifs is 1. The van der Waals surface area contributed by atoms with Gasteiger partial charge in [-0.1, -0.05) is 76.2 Å². The molecule has 2 amide bonds. The Balaban J connectivity index is 1.78. The summed E-state index contributed by atoms with van der Waals surface area (Å²) >= 11 is 0. The van der Waals surface area contributed by atoms with Crippen molar-refractivity contribution in [3.8, 4) is 0 Å². The maximum Gasteiger partial charge on any atom is 0.242 e. The summed E-state index contributed by atoms with van der Waals surface area (Å²) < 4.78 is 0. The number of carbonyl (C=O) groups excluding carboxylic acids is 2. The minimum Gasteiger partial charge on any atom is -0.361 e. The summed E-state index contributed by atoms with van der Waals surface area (Å²) in [5.41, 5.74) is 2.88. The number of carbonyl (C=O) groups is 2. The summed E-state index contributed by atoms with van der Waals surface area (Å²) in [6, 6.07) is 18.3. The number of aromatic nitrogens is 1. The van der Waals surface area contributed by atoms with E-state index in [1.807, 2.05) is 81.3 Å². The molecule has 5 heteroatoms. The average Bonchev–Trinajstić information content (AvgIpc) is 3.19. The Morgan fingerprint density at radius 2 is 1.59 bits per heavy atom. The van der Waals surface area contributed by atoms with E-state index in [1.54, 1.807) is 4.90 Å². The number of nitrogens with one attached hydrogen (secondary N) is 1. The van der Waals surface area contributed by atoms with Crippen LogP contribution in [0.15, 0.2) is 60.8 Å². The van der Waals surface area contributed by atoms with E-state index >= 15 is 0 Å². The quantitative estimate of drug-likeness (QED) is 0.515. The van der Waals surface area contributed by atoms with Crippen LogP contribution < -0.4 is 0 Å². The van der Waals surface area contributed by atoms with Crippen molar-refractivity contribution in [2.75, 3.05) is 19.6 Å². The molecule has 0 fully saturated rings. The van der Waals surface area contributed by atoms with Gasteiger partial charge in [0.1, 0.15) is 0 Å². The highest BCUT2D eigenvalue weighted by molar-refractivity contribution is 5.87. The lowest BCUT2D eigenvalue weighted by atomic mass is 9.94. The minimum atomic E-state index is -0.510. The number of amides is 2. The highest BCUT2D eigenvalue weighted by Gasteiger charge is 2.29. The molecule has 0 aliphatic carbocycles. The molecule has 0 unspecified atom stereocenters. The van der Waals surface area contributed by atoms with Crippen molar-refractivity contribution in [2.45, 2.75) is 47.1 Å². The van der Waals surface area contributed by atoms with Crippen LogP contribution in [0.5, 0.6) is 0 Å². The van der Waals surface area contributed by atoms with Gasteiger partial charge in [-0.15, -0.1) is 0 Å². The number of H-pyrrole nitrogens is 1. The lowest BCUT2D eigenvalue weighted by Gasteiger charge is -2.31. The van der Waals surface area contributed by atoms with Crippen LogP contribution in [0.25, 0.3) is 10.9 Å². The Labute approximate surface area is 191 Å². The number of aromatic amines is 1. The van der Waals surface area contributed by atoms with Gasteiger partial charge in [0, 0.05) is 42.1 Å². The van der Waals surface area contributed by atoms with E-state index < -0.39 is 5.41 Å². The normalized spacial score (nSPS) is 11.5. The van der Waals surface area contributed by atoms with Crippen molar-refractivity contribution in [1.29, 1.82) is 0 Å². The number of rotatable bonds is 9. The fraction of sp³-hybridized carbons (Fsp3) is 0.407. The summed E-state index contributed by atoms with van der Waals surface area (Å²) in [6.07, 6.45) is 3.61. The highest BCUT2D eigenvalue weighted by atomic mass is 16.2. The van der Waals surface area contributed by atoms with Gasteiger partial charge in [0.2, 0.25) is 11.8 Å². The molecule has 0 radical (unpaired) electrons. The van der Waals surface area contributed by atoms with Gasteiger partial charge >= 0.3 is 0 Å². The van der Waals surface area contributed by atoms with E-state index in [2.05, 4.69) is 17.1 Å². The average molecular weight is 434 g/mol. The third kappa shape index (κ3) is 6.00. The van der Waals surface area contributed by atoms with Crippen LogP contribution >= 0.6 is 0 Å². The Hall–Kier alpha value is -3.08. The summed E-state index contributed by atoms with van der Waals surface area (Å²) in [5, 5.41) is 1.19. The maximum absolute atomic E-state index is 13.4. The molecular weight excluding hydrogens is 398 g/mol. The van der Waals surface area contributed by atoms with E-state index in [9.17, 15) is 9.59 Å². The van der Waals surface area contributed by atoms with Gasteiger partial charge in [-0.3, -0.25) is 9.59 Å². The van der Waals surface area contributed by atoms with Crippen LogP contribution in [0.1, 0.15) is 45.2 Å². The van der Waals surface area contributed by atoms with Crippen LogP contribution in [-0.2, 0) is 22.6 Å². The van der Waals surface area contributed by atoms with Crippen LogP contribution in [-0.4, -0.2) is 46.2 Å². The molecule has 2 aromatic carbocycles. The fourth-order valence-corrected chi connectivity index (χ4v) is 3.95. The molecule has 3 aromatic rings. The molecule has 0 saturated carbocycles. The van der Waals surface area contributed by atoms with Gasteiger partial charge in [-0.2, -0.15) is 0 Å². The molecule has 0 aliphatic heterocycles. The number of benzene rings is 2. The lowest BCUT2D eigenvalue weighted by Crippen LogP contribution is -2.47. The van der Waals surface area contributed by atoms with Crippen LogP contribution in [0.4, 0.5) is 0 Å². The first-order valence-corrected chi connectivity index (χ1v) is 11.5. The third-order valence-corrected chi connectivity index (χ3v) is 5.64. The molecule has 0 aliphatic rings. The molecular formula is C27H35N3O2. The van der Waals surface area contributed by atoms with Crippen LogP contribution in [0.2, 0.25) is 0 Å². The van der Waals surface area contributed by atoms with Crippen molar-refractivity contribution in [3.05, 3.63) is 71.9 Å². The molecule has 0 atom stereocenters. The van der Waals surface area contributed by atoms with Crippen LogP contribution in [0, 0.1) is 5.41 Å². The second-order valence-electron chi connectivity index (χ2n) is 9.39. The van der Waals surface area contributed by atoms with Gasteiger partial charge in [0.15, 0.2) is 0 Å². The first kappa shape index (κ1) is 23.6.